The summed E-state index contributed by atoms with van der Waals surface area (Å²) in [5.41, 5.74) is -0.687. The number of carbonyl (C=O) groups is 1. The molecule has 36 heavy (non-hydrogen) atoms. The van der Waals surface area contributed by atoms with Crippen LogP contribution in [0.2, 0.25) is 15.1 Å². The van der Waals surface area contributed by atoms with E-state index in [1.54, 1.807) is 24.3 Å². The van der Waals surface area contributed by atoms with Crippen molar-refractivity contribution in [3.05, 3.63) is 57.5 Å². The average Bonchev–Trinajstić information content (AvgIpc) is 2.83. The molecular formula is C25H30Cl3N3O4S. The van der Waals surface area contributed by atoms with Gasteiger partial charge in [0, 0.05) is 66.2 Å². The van der Waals surface area contributed by atoms with Crippen molar-refractivity contribution in [1.82, 2.24) is 14.1 Å². The van der Waals surface area contributed by atoms with Gasteiger partial charge < -0.3 is 14.5 Å². The van der Waals surface area contributed by atoms with Crippen LogP contribution >= 0.6 is 34.8 Å². The second-order valence-electron chi connectivity index (χ2n) is 9.65. The van der Waals surface area contributed by atoms with Crippen LogP contribution in [-0.2, 0) is 14.8 Å². The Hall–Kier alpha value is -1.55. The standard InChI is InChI=1S/C25H30Cl3N3O4S/c1-29-9-11-30(12-10-29)24(32)16-25(18-35-22-5-3-19(26)4-6-22)7-2-8-31(17-25)36(33,34)23-14-20(27)13-21(28)15-23/h3-6,13-15H,2,7-12,16-18H2,1H3. The SMILES string of the molecule is CN1CCN(C(=O)CC2(COc3ccc(Cl)cc3)CCCN(S(=O)(=O)c3cc(Cl)cc(Cl)c3)C2)CC1. The van der Waals surface area contributed by atoms with Crippen molar-refractivity contribution in [2.24, 2.45) is 5.41 Å². The van der Waals surface area contributed by atoms with E-state index in [1.165, 1.54) is 22.5 Å². The molecule has 2 aliphatic rings. The molecule has 1 unspecified atom stereocenters. The minimum Gasteiger partial charge on any atom is -0.493 e. The molecule has 1 atom stereocenters. The molecule has 4 rings (SSSR count). The number of carbonyl (C=O) groups excluding carboxylic acids is 1. The Morgan fingerprint density at radius 3 is 2.22 bits per heavy atom. The highest BCUT2D eigenvalue weighted by atomic mass is 35.5. The van der Waals surface area contributed by atoms with Crippen LogP contribution in [0.25, 0.3) is 0 Å². The van der Waals surface area contributed by atoms with E-state index in [4.69, 9.17) is 39.5 Å². The second kappa shape index (κ2) is 11.5. The molecule has 2 fully saturated rings. The lowest BCUT2D eigenvalue weighted by Crippen LogP contribution is -2.53. The van der Waals surface area contributed by atoms with Crippen LogP contribution in [0.1, 0.15) is 19.3 Å². The van der Waals surface area contributed by atoms with Crippen molar-refractivity contribution in [1.29, 1.82) is 0 Å². The van der Waals surface area contributed by atoms with Crippen LogP contribution in [0.3, 0.4) is 0 Å². The monoisotopic (exact) mass is 573 g/mol. The largest absolute Gasteiger partial charge is 0.493 e. The van der Waals surface area contributed by atoms with Crippen molar-refractivity contribution in [3.8, 4) is 5.75 Å². The molecule has 2 aromatic carbocycles. The fourth-order valence-corrected chi connectivity index (χ4v) is 7.21. The summed E-state index contributed by atoms with van der Waals surface area (Å²) in [6, 6.07) is 11.3. The van der Waals surface area contributed by atoms with Gasteiger partial charge in [-0.3, -0.25) is 4.79 Å². The number of rotatable bonds is 7. The Morgan fingerprint density at radius 2 is 1.58 bits per heavy atom. The van der Waals surface area contributed by atoms with E-state index in [2.05, 4.69) is 4.90 Å². The van der Waals surface area contributed by atoms with Gasteiger partial charge in [-0.1, -0.05) is 34.8 Å². The van der Waals surface area contributed by atoms with E-state index < -0.39 is 15.4 Å². The molecule has 11 heteroatoms. The lowest BCUT2D eigenvalue weighted by molar-refractivity contribution is -0.136. The molecule has 196 valence electrons. The van der Waals surface area contributed by atoms with Gasteiger partial charge in [-0.2, -0.15) is 4.31 Å². The highest BCUT2D eigenvalue weighted by molar-refractivity contribution is 7.89. The molecule has 1 amide bonds. The van der Waals surface area contributed by atoms with Gasteiger partial charge in [-0.15, -0.1) is 0 Å². The topological polar surface area (TPSA) is 70.2 Å². The van der Waals surface area contributed by atoms with Crippen LogP contribution in [-0.4, -0.2) is 81.4 Å². The smallest absolute Gasteiger partial charge is 0.243 e. The third-order valence-electron chi connectivity index (χ3n) is 6.84. The summed E-state index contributed by atoms with van der Waals surface area (Å²) in [6.07, 6.45) is 1.47. The fraction of sp³-hybridized carbons (Fsp3) is 0.480. The Morgan fingerprint density at radius 1 is 0.944 bits per heavy atom. The van der Waals surface area contributed by atoms with Crippen molar-refractivity contribution in [2.75, 3.05) is 52.9 Å². The summed E-state index contributed by atoms with van der Waals surface area (Å²) in [6.45, 7) is 3.66. The van der Waals surface area contributed by atoms with E-state index in [1.807, 2.05) is 11.9 Å². The van der Waals surface area contributed by atoms with Crippen molar-refractivity contribution >= 4 is 50.7 Å². The molecule has 0 radical (unpaired) electrons. The maximum Gasteiger partial charge on any atom is 0.243 e. The number of sulfonamides is 1. The average molecular weight is 575 g/mol. The second-order valence-corrected chi connectivity index (χ2v) is 12.9. The van der Waals surface area contributed by atoms with Crippen molar-refractivity contribution < 1.29 is 17.9 Å². The van der Waals surface area contributed by atoms with Crippen LogP contribution in [0.4, 0.5) is 0 Å². The Balaban J connectivity index is 1.58. The molecule has 0 saturated carbocycles. The van der Waals surface area contributed by atoms with Gasteiger partial charge in [0.2, 0.25) is 15.9 Å². The van der Waals surface area contributed by atoms with Gasteiger partial charge in [-0.05, 0) is 62.4 Å². The third-order valence-corrected chi connectivity index (χ3v) is 9.35. The van der Waals surface area contributed by atoms with Gasteiger partial charge >= 0.3 is 0 Å². The molecule has 0 aromatic heterocycles. The number of hydrogen-bond donors (Lipinski definition) is 0. The molecule has 2 aliphatic heterocycles. The van der Waals surface area contributed by atoms with Crippen molar-refractivity contribution in [2.45, 2.75) is 24.2 Å². The maximum absolute atomic E-state index is 13.6. The van der Waals surface area contributed by atoms with Gasteiger partial charge in [0.05, 0.1) is 11.5 Å². The number of hydrogen-bond acceptors (Lipinski definition) is 5. The first-order chi connectivity index (χ1) is 17.1. The first-order valence-electron chi connectivity index (χ1n) is 11.9. The molecule has 0 aliphatic carbocycles. The number of benzene rings is 2. The highest BCUT2D eigenvalue weighted by Crippen LogP contribution is 2.38. The molecular weight excluding hydrogens is 545 g/mol. The number of piperidine rings is 1. The Labute approximate surface area is 227 Å². The lowest BCUT2D eigenvalue weighted by atomic mass is 9.78. The predicted molar refractivity (Wildman–Crippen MR) is 143 cm³/mol. The van der Waals surface area contributed by atoms with E-state index in [0.717, 1.165) is 13.1 Å². The molecule has 2 heterocycles. The highest BCUT2D eigenvalue weighted by Gasteiger charge is 2.43. The van der Waals surface area contributed by atoms with E-state index in [9.17, 15) is 13.2 Å². The molecule has 0 bridgehead atoms. The number of nitrogens with zero attached hydrogens (tertiary/aromatic N) is 3. The third kappa shape index (κ3) is 6.65. The summed E-state index contributed by atoms with van der Waals surface area (Å²) < 4.78 is 34.7. The number of halogens is 3. The van der Waals surface area contributed by atoms with E-state index in [0.29, 0.717) is 43.2 Å². The normalized spacial score (nSPS) is 21.9. The van der Waals surface area contributed by atoms with Gasteiger partial charge in [0.25, 0.3) is 0 Å². The first kappa shape index (κ1) is 27.5. The zero-order valence-electron chi connectivity index (χ0n) is 20.1. The summed E-state index contributed by atoms with van der Waals surface area (Å²) in [5, 5.41) is 1.10. The van der Waals surface area contributed by atoms with E-state index >= 15 is 0 Å². The summed E-state index contributed by atoms with van der Waals surface area (Å²) >= 11 is 18.2. The molecule has 7 nitrogen and oxygen atoms in total. The maximum atomic E-state index is 13.6. The Bertz CT molecular complexity index is 1170. The quantitative estimate of drug-likeness (QED) is 0.481. The number of amides is 1. The van der Waals surface area contributed by atoms with Crippen LogP contribution in [0, 0.1) is 5.41 Å². The fourth-order valence-electron chi connectivity index (χ4n) is 4.76. The minimum absolute atomic E-state index is 0.0212. The van der Waals surface area contributed by atoms with Gasteiger partial charge in [0.1, 0.15) is 5.75 Å². The summed E-state index contributed by atoms with van der Waals surface area (Å²) in [5.74, 6) is 0.639. The number of piperazine rings is 1. The van der Waals surface area contributed by atoms with E-state index in [-0.39, 0.29) is 40.4 Å². The number of ether oxygens (including phenoxy) is 1. The predicted octanol–water partition coefficient (Wildman–Crippen LogP) is 4.66. The zero-order valence-corrected chi connectivity index (χ0v) is 23.2. The molecule has 0 N–H and O–H groups in total. The van der Waals surface area contributed by atoms with Gasteiger partial charge in [0.15, 0.2) is 0 Å². The zero-order chi connectivity index (χ0) is 25.9. The molecule has 0 spiro atoms. The van der Waals surface area contributed by atoms with Crippen LogP contribution < -0.4 is 4.74 Å². The minimum atomic E-state index is -3.87. The van der Waals surface area contributed by atoms with Gasteiger partial charge in [-0.25, -0.2) is 8.42 Å². The Kier molecular flexibility index (Phi) is 8.75. The van der Waals surface area contributed by atoms with Crippen LogP contribution in [0.15, 0.2) is 47.4 Å². The summed E-state index contributed by atoms with van der Waals surface area (Å²) in [7, 11) is -1.84. The molecule has 2 aromatic rings. The van der Waals surface area contributed by atoms with Crippen LogP contribution in [0.5, 0.6) is 5.75 Å². The summed E-state index contributed by atoms with van der Waals surface area (Å²) in [4.78, 5) is 17.5. The lowest BCUT2D eigenvalue weighted by Gasteiger charge is -2.43. The van der Waals surface area contributed by atoms with Crippen molar-refractivity contribution in [3.63, 3.8) is 0 Å². The molecule has 2 saturated heterocycles. The number of likely N-dealkylation sites (N-methyl/N-ethyl adjacent to an activating group) is 1. The first-order valence-corrected chi connectivity index (χ1v) is 14.4.